The Morgan fingerprint density at radius 1 is 1.50 bits per heavy atom. The molecular formula is C13H13NO2. The van der Waals surface area contributed by atoms with Crippen LogP contribution in [-0.2, 0) is 0 Å². The van der Waals surface area contributed by atoms with E-state index in [1.807, 2.05) is 32.0 Å². The van der Waals surface area contributed by atoms with Crippen molar-refractivity contribution >= 4 is 11.1 Å². The van der Waals surface area contributed by atoms with Crippen molar-refractivity contribution < 1.29 is 9.15 Å². The van der Waals surface area contributed by atoms with E-state index < -0.39 is 0 Å². The van der Waals surface area contributed by atoms with Gasteiger partial charge in [0.1, 0.15) is 17.9 Å². The molecule has 2 rings (SSSR count). The summed E-state index contributed by atoms with van der Waals surface area (Å²) in [4.78, 5) is 4.37. The number of aromatic nitrogens is 1. The van der Waals surface area contributed by atoms with Crippen LogP contribution in [0.4, 0.5) is 0 Å². The summed E-state index contributed by atoms with van der Waals surface area (Å²) in [6.45, 7) is 4.34. The van der Waals surface area contributed by atoms with Gasteiger partial charge in [-0.3, -0.25) is 0 Å². The maximum absolute atomic E-state index is 5.61. The molecule has 0 radical (unpaired) electrons. The fraction of sp³-hybridized carbons (Fsp3) is 0.308. The van der Waals surface area contributed by atoms with Crippen molar-refractivity contribution in [3.05, 3.63) is 24.1 Å². The van der Waals surface area contributed by atoms with Gasteiger partial charge in [0.2, 0.25) is 0 Å². The monoisotopic (exact) mass is 215 g/mol. The topological polar surface area (TPSA) is 35.3 Å². The van der Waals surface area contributed by atoms with Gasteiger partial charge in [-0.05, 0) is 12.1 Å². The third-order valence-electron chi connectivity index (χ3n) is 2.19. The lowest BCUT2D eigenvalue weighted by Crippen LogP contribution is -1.92. The lowest BCUT2D eigenvalue weighted by Gasteiger charge is -1.99. The number of fused-ring (bicyclic) bond motifs is 1. The van der Waals surface area contributed by atoms with Crippen molar-refractivity contribution in [2.75, 3.05) is 6.61 Å². The smallest absolute Gasteiger partial charge is 0.198 e. The largest absolute Gasteiger partial charge is 0.481 e. The molecule has 1 aromatic carbocycles. The van der Waals surface area contributed by atoms with Crippen LogP contribution >= 0.6 is 0 Å². The zero-order valence-corrected chi connectivity index (χ0v) is 9.36. The minimum Gasteiger partial charge on any atom is -0.481 e. The Kier molecular flexibility index (Phi) is 2.82. The Bertz CT molecular complexity index is 534. The lowest BCUT2D eigenvalue weighted by molar-refractivity contribution is 0.370. The second-order valence-electron chi connectivity index (χ2n) is 3.83. The maximum atomic E-state index is 5.61. The first-order valence-electron chi connectivity index (χ1n) is 5.17. The summed E-state index contributed by atoms with van der Waals surface area (Å²) in [6.07, 6.45) is 5.12. The number of nitrogens with zero attached hydrogens (tertiary/aromatic N) is 1. The molecule has 0 aliphatic heterocycles. The van der Waals surface area contributed by atoms with E-state index in [2.05, 4.69) is 10.9 Å². The molecule has 0 saturated heterocycles. The highest BCUT2D eigenvalue weighted by Gasteiger charge is 2.09. The van der Waals surface area contributed by atoms with E-state index in [1.165, 1.54) is 0 Å². The molecule has 0 fully saturated rings. The van der Waals surface area contributed by atoms with Crippen LogP contribution in [0.3, 0.4) is 0 Å². The van der Waals surface area contributed by atoms with E-state index in [-0.39, 0.29) is 12.5 Å². The summed E-state index contributed by atoms with van der Waals surface area (Å²) in [5.41, 5.74) is 1.58. The van der Waals surface area contributed by atoms with Crippen molar-refractivity contribution in [1.82, 2.24) is 4.98 Å². The average molecular weight is 215 g/mol. The van der Waals surface area contributed by atoms with E-state index in [0.717, 1.165) is 17.0 Å². The average Bonchev–Trinajstić information content (AvgIpc) is 2.69. The molecule has 2 aromatic rings. The van der Waals surface area contributed by atoms with Crippen LogP contribution < -0.4 is 4.74 Å². The van der Waals surface area contributed by atoms with Gasteiger partial charge < -0.3 is 9.15 Å². The van der Waals surface area contributed by atoms with Crippen LogP contribution in [0.5, 0.6) is 5.75 Å². The van der Waals surface area contributed by atoms with Gasteiger partial charge in [-0.1, -0.05) is 19.8 Å². The van der Waals surface area contributed by atoms with E-state index in [9.17, 15) is 0 Å². The summed E-state index contributed by atoms with van der Waals surface area (Å²) in [7, 11) is 0. The lowest BCUT2D eigenvalue weighted by atomic mass is 10.2. The fourth-order valence-electron chi connectivity index (χ4n) is 1.38. The highest BCUT2D eigenvalue weighted by atomic mass is 16.5. The molecule has 0 spiro atoms. The second-order valence-corrected chi connectivity index (χ2v) is 3.83. The second kappa shape index (κ2) is 4.28. The van der Waals surface area contributed by atoms with E-state index in [4.69, 9.17) is 15.6 Å². The molecule has 16 heavy (non-hydrogen) atoms. The molecule has 0 aliphatic rings. The van der Waals surface area contributed by atoms with Crippen molar-refractivity contribution in [2.45, 2.75) is 19.8 Å². The zero-order valence-electron chi connectivity index (χ0n) is 9.36. The summed E-state index contributed by atoms with van der Waals surface area (Å²) in [5.74, 6) is 4.14. The summed E-state index contributed by atoms with van der Waals surface area (Å²) in [5, 5.41) is 0. The van der Waals surface area contributed by atoms with Crippen LogP contribution in [0.1, 0.15) is 25.7 Å². The van der Waals surface area contributed by atoms with Gasteiger partial charge in [0, 0.05) is 12.0 Å². The standard InChI is InChI=1S/C13H13NO2/c1-4-7-15-10-5-6-11-12(8-10)16-13(14-11)9(2)3/h1,5-6,8-9H,7H2,2-3H3. The Balaban J connectivity index is 2.35. The first-order chi connectivity index (χ1) is 7.70. The van der Waals surface area contributed by atoms with Gasteiger partial charge in [0.15, 0.2) is 11.5 Å². The number of hydrogen-bond acceptors (Lipinski definition) is 3. The highest BCUT2D eigenvalue weighted by Crippen LogP contribution is 2.24. The van der Waals surface area contributed by atoms with E-state index >= 15 is 0 Å². The number of terminal acetylenes is 1. The van der Waals surface area contributed by atoms with Crippen LogP contribution in [0.25, 0.3) is 11.1 Å². The normalized spacial score (nSPS) is 10.6. The van der Waals surface area contributed by atoms with E-state index in [0.29, 0.717) is 5.75 Å². The Labute approximate surface area is 94.4 Å². The number of benzene rings is 1. The molecule has 3 heteroatoms. The van der Waals surface area contributed by atoms with Crippen LogP contribution in [0.2, 0.25) is 0 Å². The van der Waals surface area contributed by atoms with Gasteiger partial charge in [0.05, 0.1) is 0 Å². The first kappa shape index (κ1) is 10.6. The van der Waals surface area contributed by atoms with Gasteiger partial charge in [0.25, 0.3) is 0 Å². The third kappa shape index (κ3) is 2.01. The van der Waals surface area contributed by atoms with Gasteiger partial charge in [-0.2, -0.15) is 0 Å². The van der Waals surface area contributed by atoms with Gasteiger partial charge >= 0.3 is 0 Å². The molecule has 0 aliphatic carbocycles. The van der Waals surface area contributed by atoms with Crippen LogP contribution in [0.15, 0.2) is 22.6 Å². The fourth-order valence-corrected chi connectivity index (χ4v) is 1.38. The predicted molar refractivity (Wildman–Crippen MR) is 62.4 cm³/mol. The summed E-state index contributed by atoms with van der Waals surface area (Å²) < 4.78 is 10.9. The SMILES string of the molecule is C#CCOc1ccc2nc(C(C)C)oc2c1. The molecule has 1 aromatic heterocycles. The van der Waals surface area contributed by atoms with Gasteiger partial charge in [-0.25, -0.2) is 4.98 Å². The number of rotatable bonds is 3. The van der Waals surface area contributed by atoms with Crippen LogP contribution in [-0.4, -0.2) is 11.6 Å². The molecule has 0 unspecified atom stereocenters. The maximum Gasteiger partial charge on any atom is 0.198 e. The summed E-state index contributed by atoms with van der Waals surface area (Å²) in [6, 6.07) is 5.52. The minimum atomic E-state index is 0.261. The molecule has 0 N–H and O–H groups in total. The molecule has 0 bridgehead atoms. The quantitative estimate of drug-likeness (QED) is 0.738. The van der Waals surface area contributed by atoms with Crippen LogP contribution in [0, 0.1) is 12.3 Å². The summed E-state index contributed by atoms with van der Waals surface area (Å²) >= 11 is 0. The van der Waals surface area contributed by atoms with Crippen molar-refractivity contribution in [3.8, 4) is 18.1 Å². The van der Waals surface area contributed by atoms with Crippen molar-refractivity contribution in [2.24, 2.45) is 0 Å². The number of hydrogen-bond donors (Lipinski definition) is 0. The molecule has 3 nitrogen and oxygen atoms in total. The number of oxazole rings is 1. The van der Waals surface area contributed by atoms with Crippen molar-refractivity contribution in [1.29, 1.82) is 0 Å². The molecule has 1 heterocycles. The third-order valence-corrected chi connectivity index (χ3v) is 2.19. The molecule has 0 saturated carbocycles. The molecule has 0 amide bonds. The molecular weight excluding hydrogens is 202 g/mol. The molecule has 0 atom stereocenters. The Morgan fingerprint density at radius 2 is 2.31 bits per heavy atom. The highest BCUT2D eigenvalue weighted by molar-refractivity contribution is 5.74. The van der Waals surface area contributed by atoms with E-state index in [1.54, 1.807) is 0 Å². The Morgan fingerprint density at radius 3 is 3.00 bits per heavy atom. The number of ether oxygens (including phenoxy) is 1. The zero-order chi connectivity index (χ0) is 11.5. The van der Waals surface area contributed by atoms with Crippen molar-refractivity contribution in [3.63, 3.8) is 0 Å². The molecule has 82 valence electrons. The Hall–Kier alpha value is -1.95. The minimum absolute atomic E-state index is 0.261. The first-order valence-corrected chi connectivity index (χ1v) is 5.17. The predicted octanol–water partition coefficient (Wildman–Crippen LogP) is 2.96. The van der Waals surface area contributed by atoms with Gasteiger partial charge in [-0.15, -0.1) is 6.42 Å².